The van der Waals surface area contributed by atoms with Crippen LogP contribution >= 0.6 is 11.3 Å². The van der Waals surface area contributed by atoms with Crippen LogP contribution in [0.25, 0.3) is 10.6 Å². The molecule has 3 aromatic rings. The van der Waals surface area contributed by atoms with Gasteiger partial charge in [-0.05, 0) is 38.3 Å². The van der Waals surface area contributed by atoms with Gasteiger partial charge in [-0.25, -0.2) is 19.9 Å². The summed E-state index contributed by atoms with van der Waals surface area (Å²) < 4.78 is 44.2. The second-order valence-corrected chi connectivity index (χ2v) is 7.85. The molecule has 0 atom stereocenters. The highest BCUT2D eigenvalue weighted by atomic mass is 32.1. The molecule has 1 aliphatic carbocycles. The Balaban J connectivity index is 1.65. The van der Waals surface area contributed by atoms with Gasteiger partial charge in [-0.2, -0.15) is 13.2 Å². The summed E-state index contributed by atoms with van der Waals surface area (Å²) in [4.78, 5) is 16.9. The van der Waals surface area contributed by atoms with E-state index in [4.69, 9.17) is 4.74 Å². The van der Waals surface area contributed by atoms with Crippen molar-refractivity contribution in [1.82, 2.24) is 19.9 Å². The van der Waals surface area contributed by atoms with Gasteiger partial charge in [0.15, 0.2) is 0 Å². The van der Waals surface area contributed by atoms with Gasteiger partial charge in [0.1, 0.15) is 16.3 Å². The molecule has 0 aliphatic heterocycles. The maximum absolute atomic E-state index is 12.9. The maximum atomic E-state index is 12.9. The molecular formula is C19H18F3N5O2S. The molecule has 1 fully saturated rings. The summed E-state index contributed by atoms with van der Waals surface area (Å²) >= 11 is 1.33. The van der Waals surface area contributed by atoms with E-state index in [2.05, 4.69) is 25.3 Å². The first-order valence-corrected chi connectivity index (χ1v) is 10.1. The van der Waals surface area contributed by atoms with Crippen molar-refractivity contribution in [3.05, 3.63) is 41.3 Å². The minimum atomic E-state index is -4.57. The number of thiazole rings is 1. The highest BCUT2D eigenvalue weighted by molar-refractivity contribution is 7.15. The van der Waals surface area contributed by atoms with Crippen molar-refractivity contribution in [2.75, 3.05) is 11.9 Å². The quantitative estimate of drug-likeness (QED) is 0.585. The van der Waals surface area contributed by atoms with Crippen LogP contribution in [0.4, 0.5) is 24.8 Å². The number of ether oxygens (including phenoxy) is 1. The molecule has 0 radical (unpaired) electrons. The van der Waals surface area contributed by atoms with Crippen LogP contribution in [0.2, 0.25) is 0 Å². The highest BCUT2D eigenvalue weighted by Gasteiger charge is 2.39. The van der Waals surface area contributed by atoms with Crippen molar-refractivity contribution in [2.24, 2.45) is 0 Å². The Morgan fingerprint density at radius 2 is 2.03 bits per heavy atom. The topological polar surface area (TPSA) is 93.0 Å². The van der Waals surface area contributed by atoms with E-state index in [-0.39, 0.29) is 5.95 Å². The molecule has 0 saturated heterocycles. The molecule has 3 aromatic heterocycles. The van der Waals surface area contributed by atoms with Gasteiger partial charge in [-0.3, -0.25) is 0 Å². The zero-order chi connectivity index (χ0) is 21.4. The van der Waals surface area contributed by atoms with Gasteiger partial charge in [0, 0.05) is 24.1 Å². The number of pyridine rings is 1. The SMILES string of the molecule is CCOc1cc(Nc2nccc(C(F)(F)F)n2)cc(-c2cnc(C3(O)CCC3)s2)n1. The summed E-state index contributed by atoms with van der Waals surface area (Å²) in [6, 6.07) is 4.01. The van der Waals surface area contributed by atoms with E-state index in [1.807, 2.05) is 0 Å². The number of aliphatic hydroxyl groups is 1. The van der Waals surface area contributed by atoms with E-state index in [0.29, 0.717) is 46.6 Å². The number of nitrogens with one attached hydrogen (secondary N) is 1. The summed E-state index contributed by atoms with van der Waals surface area (Å²) in [5.41, 5.74) is -0.990. The van der Waals surface area contributed by atoms with Gasteiger partial charge in [0.25, 0.3) is 0 Å². The zero-order valence-electron chi connectivity index (χ0n) is 15.9. The molecule has 4 rings (SSSR count). The molecular weight excluding hydrogens is 419 g/mol. The van der Waals surface area contributed by atoms with Gasteiger partial charge >= 0.3 is 6.18 Å². The third kappa shape index (κ3) is 4.21. The van der Waals surface area contributed by atoms with E-state index < -0.39 is 17.5 Å². The van der Waals surface area contributed by atoms with Crippen LogP contribution in [0.15, 0.2) is 30.6 Å². The molecule has 0 bridgehead atoms. The van der Waals surface area contributed by atoms with Crippen LogP contribution in [-0.4, -0.2) is 31.6 Å². The fourth-order valence-electron chi connectivity index (χ4n) is 2.96. The largest absolute Gasteiger partial charge is 0.478 e. The van der Waals surface area contributed by atoms with Crippen molar-refractivity contribution in [3.63, 3.8) is 0 Å². The molecule has 0 unspecified atom stereocenters. The first kappa shape index (κ1) is 20.5. The third-order valence-corrected chi connectivity index (χ3v) is 5.85. The lowest BCUT2D eigenvalue weighted by molar-refractivity contribution is -0.141. The Hall–Kier alpha value is -2.79. The smallest absolute Gasteiger partial charge is 0.433 e. The van der Waals surface area contributed by atoms with Crippen molar-refractivity contribution in [1.29, 1.82) is 0 Å². The lowest BCUT2D eigenvalue weighted by atomic mass is 9.81. The number of hydrogen-bond donors (Lipinski definition) is 2. The maximum Gasteiger partial charge on any atom is 0.433 e. The number of alkyl halides is 3. The number of nitrogens with zero attached hydrogens (tertiary/aromatic N) is 4. The van der Waals surface area contributed by atoms with Crippen molar-refractivity contribution in [3.8, 4) is 16.5 Å². The summed E-state index contributed by atoms with van der Waals surface area (Å²) in [5.74, 6) is 0.0972. The molecule has 11 heteroatoms. The standard InChI is InChI=1S/C19H18F3N5O2S/c1-2-29-15-9-11(25-17-23-7-4-14(27-17)19(20,21)22)8-12(26-15)13-10-24-16(30-13)18(28)5-3-6-18/h4,7-10,28H,2-3,5-6H2,1H3,(H,23,25,26,27). The average Bonchev–Trinajstić information content (AvgIpc) is 3.16. The van der Waals surface area contributed by atoms with Crippen molar-refractivity contribution >= 4 is 23.0 Å². The van der Waals surface area contributed by atoms with Crippen LogP contribution < -0.4 is 10.1 Å². The van der Waals surface area contributed by atoms with E-state index in [0.717, 1.165) is 18.7 Å². The summed E-state index contributed by atoms with van der Waals surface area (Å²) in [7, 11) is 0. The monoisotopic (exact) mass is 437 g/mol. The predicted molar refractivity (Wildman–Crippen MR) is 105 cm³/mol. The molecule has 2 N–H and O–H groups in total. The zero-order valence-corrected chi connectivity index (χ0v) is 16.7. The minimum absolute atomic E-state index is 0.196. The van der Waals surface area contributed by atoms with Crippen LogP contribution in [0, 0.1) is 0 Å². The molecule has 0 spiro atoms. The Bertz CT molecular complexity index is 1050. The van der Waals surface area contributed by atoms with Gasteiger partial charge in [0.2, 0.25) is 11.8 Å². The molecule has 1 aliphatic rings. The van der Waals surface area contributed by atoms with Crippen LogP contribution in [-0.2, 0) is 11.8 Å². The number of hydrogen-bond acceptors (Lipinski definition) is 8. The Labute approximate surface area is 174 Å². The second kappa shape index (κ2) is 7.80. The third-order valence-electron chi connectivity index (χ3n) is 4.63. The van der Waals surface area contributed by atoms with Crippen LogP contribution in [0.5, 0.6) is 5.88 Å². The van der Waals surface area contributed by atoms with Crippen molar-refractivity contribution in [2.45, 2.75) is 38.0 Å². The first-order chi connectivity index (χ1) is 14.3. The van der Waals surface area contributed by atoms with Gasteiger partial charge in [-0.1, -0.05) is 0 Å². The number of anilines is 2. The second-order valence-electron chi connectivity index (χ2n) is 6.82. The lowest BCUT2D eigenvalue weighted by Crippen LogP contribution is -2.33. The van der Waals surface area contributed by atoms with Gasteiger partial charge in [0.05, 0.1) is 17.2 Å². The Morgan fingerprint density at radius 1 is 1.23 bits per heavy atom. The summed E-state index contributed by atoms with van der Waals surface area (Å²) in [6.45, 7) is 2.16. The van der Waals surface area contributed by atoms with Crippen LogP contribution in [0.3, 0.4) is 0 Å². The van der Waals surface area contributed by atoms with E-state index in [1.165, 1.54) is 11.3 Å². The molecule has 0 amide bonds. The summed E-state index contributed by atoms with van der Waals surface area (Å²) in [6.07, 6.45) is 0.393. The minimum Gasteiger partial charge on any atom is -0.478 e. The molecule has 7 nitrogen and oxygen atoms in total. The molecule has 158 valence electrons. The Morgan fingerprint density at radius 3 is 2.70 bits per heavy atom. The summed E-state index contributed by atoms with van der Waals surface area (Å²) in [5, 5.41) is 13.9. The molecule has 1 saturated carbocycles. The van der Waals surface area contributed by atoms with Gasteiger partial charge in [-0.15, -0.1) is 11.3 Å². The van der Waals surface area contributed by atoms with Crippen molar-refractivity contribution < 1.29 is 23.0 Å². The average molecular weight is 437 g/mol. The molecule has 30 heavy (non-hydrogen) atoms. The van der Waals surface area contributed by atoms with E-state index in [9.17, 15) is 18.3 Å². The van der Waals surface area contributed by atoms with E-state index >= 15 is 0 Å². The van der Waals surface area contributed by atoms with E-state index in [1.54, 1.807) is 25.3 Å². The lowest BCUT2D eigenvalue weighted by Gasteiger charge is -2.34. The Kier molecular flexibility index (Phi) is 5.33. The van der Waals surface area contributed by atoms with Gasteiger partial charge < -0.3 is 15.2 Å². The number of aromatic nitrogens is 4. The normalized spacial score (nSPS) is 15.5. The number of rotatable bonds is 6. The molecule has 3 heterocycles. The van der Waals surface area contributed by atoms with Crippen LogP contribution in [0.1, 0.15) is 36.9 Å². The first-order valence-electron chi connectivity index (χ1n) is 9.28. The highest BCUT2D eigenvalue weighted by Crippen LogP contribution is 2.44. The predicted octanol–water partition coefficient (Wildman–Crippen LogP) is 4.53. The fraction of sp³-hybridized carbons (Fsp3) is 0.368. The molecule has 0 aromatic carbocycles. The fourth-order valence-corrected chi connectivity index (χ4v) is 3.99. The number of halogens is 3.